The lowest BCUT2D eigenvalue weighted by atomic mass is 9.85. The fourth-order valence-electron chi connectivity index (χ4n) is 6.12. The average molecular weight is 565 g/mol. The first-order valence-corrected chi connectivity index (χ1v) is 15.2. The van der Waals surface area contributed by atoms with Crippen molar-refractivity contribution < 1.29 is 29.3 Å². The number of hydrogen-bond acceptors (Lipinski definition) is 5. The molecule has 1 atom stereocenters. The second kappa shape index (κ2) is 15.6. The maximum Gasteiger partial charge on any atom is 0.335 e. The number of aromatic carboxylic acids is 1. The zero-order chi connectivity index (χ0) is 29.0. The van der Waals surface area contributed by atoms with Crippen LogP contribution in [0.5, 0.6) is 5.75 Å². The Morgan fingerprint density at radius 2 is 1.80 bits per heavy atom. The standard InChI is InChI=1S/C33H44N2O6/c36-31-14-3-5-20-35(31)21-7-8-23-41-30-13-2-1-10-25(30)18-22-34(19-6-4-15-32(37)38)29-12-9-11-26-24-27(33(39)40)16-17-28(26)29/h1-2,10,13,16-17,24,29H,3-9,11-12,14-15,18-23H2,(H,37,38)(H,39,40). The smallest absolute Gasteiger partial charge is 0.335 e. The number of carboxylic acid groups (broad SMARTS) is 2. The van der Waals surface area contributed by atoms with Crippen molar-refractivity contribution in [3.05, 3.63) is 64.7 Å². The quantitative estimate of drug-likeness (QED) is 0.251. The first kappa shape index (κ1) is 30.6. The first-order valence-electron chi connectivity index (χ1n) is 15.2. The number of piperidine rings is 1. The number of carbonyl (C=O) groups excluding carboxylic acids is 1. The molecule has 1 amide bonds. The van der Waals surface area contributed by atoms with Crippen LogP contribution in [0.3, 0.4) is 0 Å². The van der Waals surface area contributed by atoms with E-state index >= 15 is 0 Å². The van der Waals surface area contributed by atoms with Gasteiger partial charge in [0.05, 0.1) is 12.2 Å². The second-order valence-electron chi connectivity index (χ2n) is 11.3. The molecule has 222 valence electrons. The van der Waals surface area contributed by atoms with E-state index < -0.39 is 11.9 Å². The van der Waals surface area contributed by atoms with Crippen LogP contribution >= 0.6 is 0 Å². The summed E-state index contributed by atoms with van der Waals surface area (Å²) in [5.74, 6) is -0.508. The van der Waals surface area contributed by atoms with Gasteiger partial charge in [0.1, 0.15) is 5.75 Å². The van der Waals surface area contributed by atoms with Crippen molar-refractivity contribution >= 4 is 17.8 Å². The highest BCUT2D eigenvalue weighted by Gasteiger charge is 2.27. The van der Waals surface area contributed by atoms with Crippen molar-refractivity contribution in [3.8, 4) is 5.75 Å². The van der Waals surface area contributed by atoms with E-state index in [0.717, 1.165) is 101 Å². The number of aliphatic carboxylic acids is 1. The van der Waals surface area contributed by atoms with E-state index in [1.807, 2.05) is 35.2 Å². The Morgan fingerprint density at radius 3 is 2.61 bits per heavy atom. The summed E-state index contributed by atoms with van der Waals surface area (Å²) in [6.07, 6.45) is 9.87. The van der Waals surface area contributed by atoms with Crippen LogP contribution in [0.15, 0.2) is 42.5 Å². The minimum absolute atomic E-state index is 0.166. The van der Waals surface area contributed by atoms with Gasteiger partial charge < -0.3 is 19.8 Å². The van der Waals surface area contributed by atoms with Crippen molar-refractivity contribution in [2.24, 2.45) is 0 Å². The summed E-state index contributed by atoms with van der Waals surface area (Å²) in [7, 11) is 0. The van der Waals surface area contributed by atoms with Gasteiger partial charge >= 0.3 is 11.9 Å². The fraction of sp³-hybridized carbons (Fsp3) is 0.545. The van der Waals surface area contributed by atoms with Crippen molar-refractivity contribution in [1.29, 1.82) is 0 Å². The van der Waals surface area contributed by atoms with Crippen molar-refractivity contribution in [2.45, 2.75) is 83.1 Å². The maximum atomic E-state index is 12.0. The van der Waals surface area contributed by atoms with Crippen molar-refractivity contribution in [2.75, 3.05) is 32.8 Å². The largest absolute Gasteiger partial charge is 0.493 e. The molecule has 0 aromatic heterocycles. The zero-order valence-corrected chi connectivity index (χ0v) is 24.1. The molecule has 0 radical (unpaired) electrons. The predicted molar refractivity (Wildman–Crippen MR) is 157 cm³/mol. The van der Waals surface area contributed by atoms with E-state index in [9.17, 15) is 19.5 Å². The van der Waals surface area contributed by atoms with Gasteiger partial charge in [0.2, 0.25) is 5.91 Å². The topological polar surface area (TPSA) is 107 Å². The Hall–Kier alpha value is -3.39. The molecule has 8 heteroatoms. The van der Waals surface area contributed by atoms with Gasteiger partial charge in [-0.05, 0) is 106 Å². The Bertz CT molecular complexity index is 1180. The predicted octanol–water partition coefficient (Wildman–Crippen LogP) is 5.73. The molecule has 41 heavy (non-hydrogen) atoms. The number of aryl methyl sites for hydroxylation is 1. The Kier molecular flexibility index (Phi) is 11.6. The van der Waals surface area contributed by atoms with Gasteiger partial charge in [-0.1, -0.05) is 24.3 Å². The monoisotopic (exact) mass is 564 g/mol. The van der Waals surface area contributed by atoms with Crippen LogP contribution in [0.1, 0.15) is 97.3 Å². The van der Waals surface area contributed by atoms with Crippen LogP contribution in [0.4, 0.5) is 0 Å². The number of ether oxygens (including phenoxy) is 1. The van der Waals surface area contributed by atoms with Crippen LogP contribution in [0.2, 0.25) is 0 Å². The lowest BCUT2D eigenvalue weighted by molar-refractivity contribution is -0.137. The summed E-state index contributed by atoms with van der Waals surface area (Å²) in [5.41, 5.74) is 3.76. The van der Waals surface area contributed by atoms with E-state index in [2.05, 4.69) is 11.0 Å². The number of carboxylic acids is 2. The number of carbonyl (C=O) groups is 3. The van der Waals surface area contributed by atoms with Gasteiger partial charge in [-0.3, -0.25) is 14.5 Å². The number of para-hydroxylation sites is 1. The molecule has 0 saturated carbocycles. The molecule has 2 aliphatic rings. The molecule has 1 saturated heterocycles. The van der Waals surface area contributed by atoms with Crippen LogP contribution in [-0.2, 0) is 22.4 Å². The lowest BCUT2D eigenvalue weighted by Gasteiger charge is -2.36. The molecule has 0 spiro atoms. The third-order valence-corrected chi connectivity index (χ3v) is 8.34. The molecule has 1 fully saturated rings. The van der Waals surface area contributed by atoms with Crippen molar-refractivity contribution in [1.82, 2.24) is 9.80 Å². The Labute approximate surface area is 243 Å². The van der Waals surface area contributed by atoms with E-state index in [4.69, 9.17) is 9.84 Å². The van der Waals surface area contributed by atoms with Gasteiger partial charge in [0, 0.05) is 38.5 Å². The highest BCUT2D eigenvalue weighted by atomic mass is 16.5. The van der Waals surface area contributed by atoms with Gasteiger partial charge in [0.15, 0.2) is 0 Å². The van der Waals surface area contributed by atoms with Crippen LogP contribution in [0, 0.1) is 0 Å². The number of nitrogens with zero attached hydrogens (tertiary/aromatic N) is 2. The number of amides is 1. The molecule has 4 rings (SSSR count). The highest BCUT2D eigenvalue weighted by molar-refractivity contribution is 5.88. The van der Waals surface area contributed by atoms with Gasteiger partial charge in [-0.15, -0.1) is 0 Å². The highest BCUT2D eigenvalue weighted by Crippen LogP contribution is 2.35. The van der Waals surface area contributed by atoms with Crippen LogP contribution < -0.4 is 4.74 Å². The summed E-state index contributed by atoms with van der Waals surface area (Å²) >= 11 is 0. The number of unbranched alkanes of at least 4 members (excludes halogenated alkanes) is 2. The van der Waals surface area contributed by atoms with E-state index in [1.54, 1.807) is 6.07 Å². The van der Waals surface area contributed by atoms with Gasteiger partial charge in [0.25, 0.3) is 0 Å². The van der Waals surface area contributed by atoms with E-state index in [1.165, 1.54) is 5.56 Å². The summed E-state index contributed by atoms with van der Waals surface area (Å²) in [6, 6.07) is 13.8. The average Bonchev–Trinajstić information content (AvgIpc) is 2.97. The van der Waals surface area contributed by atoms with Gasteiger partial charge in [-0.25, -0.2) is 4.79 Å². The minimum atomic E-state index is -0.906. The molecule has 1 aliphatic carbocycles. The van der Waals surface area contributed by atoms with E-state index in [-0.39, 0.29) is 18.4 Å². The van der Waals surface area contributed by atoms with Crippen LogP contribution in [-0.4, -0.2) is 70.6 Å². The molecule has 1 heterocycles. The number of rotatable bonds is 16. The third kappa shape index (κ3) is 9.05. The lowest BCUT2D eigenvalue weighted by Crippen LogP contribution is -2.36. The molecular weight excluding hydrogens is 520 g/mol. The molecule has 0 bridgehead atoms. The van der Waals surface area contributed by atoms with Crippen LogP contribution in [0.25, 0.3) is 0 Å². The molecule has 8 nitrogen and oxygen atoms in total. The van der Waals surface area contributed by atoms with Crippen molar-refractivity contribution in [3.63, 3.8) is 0 Å². The summed E-state index contributed by atoms with van der Waals surface area (Å²) in [6.45, 7) is 3.88. The number of fused-ring (bicyclic) bond motifs is 1. The maximum absolute atomic E-state index is 12.0. The summed E-state index contributed by atoms with van der Waals surface area (Å²) in [5, 5.41) is 18.6. The fourth-order valence-corrected chi connectivity index (χ4v) is 6.12. The molecule has 2 aromatic rings. The summed E-state index contributed by atoms with van der Waals surface area (Å²) in [4.78, 5) is 39.1. The first-order chi connectivity index (χ1) is 19.9. The Morgan fingerprint density at radius 1 is 0.951 bits per heavy atom. The SMILES string of the molecule is O=C(O)CCCCN(CCc1ccccc1OCCCCN1CCCCC1=O)C1CCCc2cc(C(=O)O)ccc21. The summed E-state index contributed by atoms with van der Waals surface area (Å²) < 4.78 is 6.21. The molecule has 1 aliphatic heterocycles. The minimum Gasteiger partial charge on any atom is -0.493 e. The molecule has 1 unspecified atom stereocenters. The normalized spacial score (nSPS) is 17.0. The molecule has 2 N–H and O–H groups in total. The van der Waals surface area contributed by atoms with Gasteiger partial charge in [-0.2, -0.15) is 0 Å². The van der Waals surface area contributed by atoms with E-state index in [0.29, 0.717) is 25.0 Å². The number of benzene rings is 2. The third-order valence-electron chi connectivity index (χ3n) is 8.34. The second-order valence-corrected chi connectivity index (χ2v) is 11.3. The zero-order valence-electron chi connectivity index (χ0n) is 24.1. The number of likely N-dealkylation sites (tertiary alicyclic amines) is 1. The number of hydrogen-bond donors (Lipinski definition) is 2. The Balaban J connectivity index is 1.37. The molecule has 2 aromatic carbocycles. The molecular formula is C33H44N2O6.